The molecule has 0 aromatic heterocycles. The van der Waals surface area contributed by atoms with E-state index in [2.05, 4.69) is 21.1 Å². The molecule has 98 valence electrons. The Morgan fingerprint density at radius 1 is 1.42 bits per heavy atom. The van der Waals surface area contributed by atoms with Gasteiger partial charge in [-0.1, -0.05) is 0 Å². The van der Waals surface area contributed by atoms with Crippen molar-refractivity contribution in [3.05, 3.63) is 29.8 Å². The third-order valence-corrected chi connectivity index (χ3v) is 2.58. The molecular weight excluding hydrogens is 248 g/mol. The van der Waals surface area contributed by atoms with E-state index in [1.54, 1.807) is 19.1 Å². The van der Waals surface area contributed by atoms with E-state index < -0.39 is 17.7 Å². The molecule has 1 heterocycles. The van der Waals surface area contributed by atoms with Crippen LogP contribution < -0.4 is 10.9 Å². The lowest BCUT2D eigenvalue weighted by atomic mass is 10.1. The zero-order valence-electron chi connectivity index (χ0n) is 10.1. The van der Waals surface area contributed by atoms with Gasteiger partial charge in [-0.3, -0.25) is 9.59 Å². The topological polar surface area (TPSA) is 103 Å². The van der Waals surface area contributed by atoms with Crippen LogP contribution in [0.4, 0.5) is 0 Å². The highest BCUT2D eigenvalue weighted by Gasteiger charge is 2.28. The van der Waals surface area contributed by atoms with Gasteiger partial charge in [0.1, 0.15) is 5.75 Å². The predicted octanol–water partition coefficient (Wildman–Crippen LogP) is -0.0358. The van der Waals surface area contributed by atoms with Crippen molar-refractivity contribution in [3.8, 4) is 5.75 Å². The summed E-state index contributed by atoms with van der Waals surface area (Å²) in [5, 5.41) is 16.6. The van der Waals surface area contributed by atoms with Gasteiger partial charge in [-0.15, -0.1) is 0 Å². The molecule has 0 saturated carbocycles. The number of aromatic hydroxyl groups is 1. The average Bonchev–Trinajstić information content (AvgIpc) is 2.83. The van der Waals surface area contributed by atoms with Crippen molar-refractivity contribution in [2.45, 2.75) is 6.92 Å². The lowest BCUT2D eigenvalue weighted by molar-refractivity contribution is -0.131. The van der Waals surface area contributed by atoms with Gasteiger partial charge in [0.05, 0.1) is 5.71 Å². The normalized spacial score (nSPS) is 18.3. The van der Waals surface area contributed by atoms with Gasteiger partial charge >= 0.3 is 0 Å². The first-order valence-electron chi connectivity index (χ1n) is 5.54. The van der Waals surface area contributed by atoms with E-state index in [0.717, 1.165) is 5.56 Å². The van der Waals surface area contributed by atoms with E-state index in [0.29, 0.717) is 5.71 Å². The molecule has 0 fully saturated rings. The fourth-order valence-electron chi connectivity index (χ4n) is 1.48. The maximum atomic E-state index is 11.6. The highest BCUT2D eigenvalue weighted by atomic mass is 16.3. The van der Waals surface area contributed by atoms with Crippen molar-refractivity contribution in [2.24, 2.45) is 16.1 Å². The van der Waals surface area contributed by atoms with Crippen LogP contribution in [0.15, 0.2) is 34.5 Å². The van der Waals surface area contributed by atoms with Crippen LogP contribution in [-0.2, 0) is 9.59 Å². The summed E-state index contributed by atoms with van der Waals surface area (Å²) in [5.74, 6) is -1.82. The first-order chi connectivity index (χ1) is 9.08. The van der Waals surface area contributed by atoms with Crippen molar-refractivity contribution >= 4 is 23.7 Å². The largest absolute Gasteiger partial charge is 0.508 e. The molecule has 7 heteroatoms. The fourth-order valence-corrected chi connectivity index (χ4v) is 1.48. The summed E-state index contributed by atoms with van der Waals surface area (Å²) in [7, 11) is 0. The highest BCUT2D eigenvalue weighted by Crippen LogP contribution is 2.10. The molecule has 0 bridgehead atoms. The lowest BCUT2D eigenvalue weighted by Crippen LogP contribution is -2.34. The van der Waals surface area contributed by atoms with Gasteiger partial charge < -0.3 is 5.11 Å². The molecule has 1 atom stereocenters. The molecule has 1 aromatic carbocycles. The molecule has 1 aromatic rings. The number of rotatable bonds is 3. The molecule has 0 spiro atoms. The van der Waals surface area contributed by atoms with E-state index in [-0.39, 0.29) is 5.75 Å². The van der Waals surface area contributed by atoms with E-state index in [1.165, 1.54) is 18.3 Å². The molecule has 1 aliphatic rings. The molecule has 7 nitrogen and oxygen atoms in total. The van der Waals surface area contributed by atoms with Crippen LogP contribution in [0.1, 0.15) is 12.5 Å². The molecule has 2 rings (SSSR count). The van der Waals surface area contributed by atoms with Crippen LogP contribution in [0.2, 0.25) is 0 Å². The van der Waals surface area contributed by atoms with Gasteiger partial charge in [-0.05, 0) is 36.8 Å². The van der Waals surface area contributed by atoms with Crippen molar-refractivity contribution < 1.29 is 14.7 Å². The Balaban J connectivity index is 2.02. The Labute approximate surface area is 109 Å². The molecule has 2 amide bonds. The van der Waals surface area contributed by atoms with Gasteiger partial charge in [0, 0.05) is 6.21 Å². The first kappa shape index (κ1) is 12.7. The second kappa shape index (κ2) is 5.30. The second-order valence-corrected chi connectivity index (χ2v) is 3.95. The summed E-state index contributed by atoms with van der Waals surface area (Å²) >= 11 is 0. The summed E-state index contributed by atoms with van der Waals surface area (Å²) in [6.07, 6.45) is 1.23. The van der Waals surface area contributed by atoms with Crippen molar-refractivity contribution in [3.63, 3.8) is 0 Å². The second-order valence-electron chi connectivity index (χ2n) is 3.95. The number of benzene rings is 1. The van der Waals surface area contributed by atoms with Crippen molar-refractivity contribution in [1.29, 1.82) is 0 Å². The van der Waals surface area contributed by atoms with Crippen LogP contribution in [0, 0.1) is 5.92 Å². The summed E-state index contributed by atoms with van der Waals surface area (Å²) in [4.78, 5) is 22.8. The van der Waals surface area contributed by atoms with Crippen LogP contribution >= 0.6 is 0 Å². The predicted molar refractivity (Wildman–Crippen MR) is 68.6 cm³/mol. The van der Waals surface area contributed by atoms with Gasteiger partial charge in [0.25, 0.3) is 11.8 Å². The Hall–Kier alpha value is -2.70. The number of hydrazone groups is 2. The lowest BCUT2D eigenvalue weighted by Gasteiger charge is -2.05. The number of amides is 2. The smallest absolute Gasteiger partial charge is 0.258 e. The zero-order chi connectivity index (χ0) is 13.8. The van der Waals surface area contributed by atoms with Crippen molar-refractivity contribution in [2.75, 3.05) is 0 Å². The minimum Gasteiger partial charge on any atom is -0.508 e. The van der Waals surface area contributed by atoms with Gasteiger partial charge in [0.2, 0.25) is 0 Å². The summed E-state index contributed by atoms with van der Waals surface area (Å²) in [5.41, 5.74) is 5.78. The molecule has 0 unspecified atom stereocenters. The molecule has 3 N–H and O–H groups in total. The molecule has 0 radical (unpaired) electrons. The Morgan fingerprint density at radius 3 is 2.68 bits per heavy atom. The molecule has 0 saturated heterocycles. The SMILES string of the molecule is C/C(=N/NC(=O)[C@H]1C=NNC1=O)c1ccc(O)cc1. The van der Waals surface area contributed by atoms with Gasteiger partial charge in [0.15, 0.2) is 5.92 Å². The Kier molecular flexibility index (Phi) is 3.56. The number of hydrogen-bond acceptors (Lipinski definition) is 5. The van der Waals surface area contributed by atoms with E-state index >= 15 is 0 Å². The molecule has 1 aliphatic heterocycles. The fraction of sp³-hybridized carbons (Fsp3) is 0.167. The number of carbonyl (C=O) groups excluding carboxylic acids is 2. The Bertz CT molecular complexity index is 563. The number of nitrogens with zero attached hydrogens (tertiary/aromatic N) is 2. The van der Waals surface area contributed by atoms with Gasteiger partial charge in [-0.2, -0.15) is 10.2 Å². The Morgan fingerprint density at radius 2 is 2.11 bits per heavy atom. The van der Waals surface area contributed by atoms with Crippen molar-refractivity contribution in [1.82, 2.24) is 10.9 Å². The summed E-state index contributed by atoms with van der Waals surface area (Å²) < 4.78 is 0. The summed E-state index contributed by atoms with van der Waals surface area (Å²) in [6, 6.07) is 6.38. The minimum atomic E-state index is -0.948. The average molecular weight is 260 g/mol. The first-order valence-corrected chi connectivity index (χ1v) is 5.54. The molecular formula is C12H12N4O3. The van der Waals surface area contributed by atoms with Crippen LogP contribution in [0.25, 0.3) is 0 Å². The number of carbonyl (C=O) groups is 2. The number of phenolic OH excluding ortho intramolecular Hbond substituents is 1. The van der Waals surface area contributed by atoms with Crippen LogP contribution in [0.5, 0.6) is 5.75 Å². The zero-order valence-corrected chi connectivity index (χ0v) is 10.1. The maximum Gasteiger partial charge on any atom is 0.258 e. The third-order valence-electron chi connectivity index (χ3n) is 2.58. The van der Waals surface area contributed by atoms with E-state index in [9.17, 15) is 9.59 Å². The van der Waals surface area contributed by atoms with Crippen LogP contribution in [-0.4, -0.2) is 28.8 Å². The standard InChI is InChI=1S/C12H12N4O3/c1-7(8-2-4-9(17)5-3-8)14-16-12(19)10-6-13-15-11(10)18/h2-6,10,17H,1H3,(H,15,18)(H,16,19)/b14-7-/t10-/m0/s1. The quantitative estimate of drug-likeness (QED) is 0.403. The monoisotopic (exact) mass is 260 g/mol. The minimum absolute atomic E-state index is 0.152. The molecule has 19 heavy (non-hydrogen) atoms. The van der Waals surface area contributed by atoms with E-state index in [1.807, 2.05) is 0 Å². The third kappa shape index (κ3) is 2.95. The number of hydrogen-bond donors (Lipinski definition) is 3. The molecule has 0 aliphatic carbocycles. The number of phenols is 1. The van der Waals surface area contributed by atoms with E-state index in [4.69, 9.17) is 5.11 Å². The number of nitrogens with one attached hydrogen (secondary N) is 2. The highest BCUT2D eigenvalue weighted by molar-refractivity contribution is 6.15. The summed E-state index contributed by atoms with van der Waals surface area (Å²) in [6.45, 7) is 1.70. The van der Waals surface area contributed by atoms with Gasteiger partial charge in [-0.25, -0.2) is 10.9 Å². The maximum absolute atomic E-state index is 11.6. The van der Waals surface area contributed by atoms with Crippen LogP contribution in [0.3, 0.4) is 0 Å².